The molecule has 3 aromatic carbocycles. The lowest BCUT2D eigenvalue weighted by Crippen LogP contribution is -2.13. The Kier molecular flexibility index (Phi) is 7.87. The van der Waals surface area contributed by atoms with E-state index in [1.807, 2.05) is 41.2 Å². The summed E-state index contributed by atoms with van der Waals surface area (Å²) in [7, 11) is 0. The highest BCUT2D eigenvalue weighted by Crippen LogP contribution is 2.25. The fraction of sp³-hybridized carbons (Fsp3) is 0.214. The van der Waals surface area contributed by atoms with E-state index in [0.717, 1.165) is 40.3 Å². The highest BCUT2D eigenvalue weighted by Gasteiger charge is 2.11. The third-order valence-corrected chi connectivity index (χ3v) is 6.48. The molecule has 1 heterocycles. The van der Waals surface area contributed by atoms with Crippen LogP contribution in [0.15, 0.2) is 88.3 Å². The van der Waals surface area contributed by atoms with E-state index in [1.54, 1.807) is 12.1 Å². The van der Waals surface area contributed by atoms with Crippen molar-refractivity contribution in [3.05, 3.63) is 99.7 Å². The number of hydrogen-bond acceptors (Lipinski definition) is 4. The third-order valence-electron chi connectivity index (χ3n) is 5.66. The van der Waals surface area contributed by atoms with Gasteiger partial charge < -0.3 is 4.74 Å². The van der Waals surface area contributed by atoms with Crippen molar-refractivity contribution in [3.8, 4) is 17.0 Å². The van der Waals surface area contributed by atoms with E-state index in [4.69, 9.17) is 10.1 Å². The van der Waals surface area contributed by atoms with Crippen molar-refractivity contribution in [2.24, 2.45) is 10.1 Å². The van der Waals surface area contributed by atoms with Gasteiger partial charge in [-0.15, -0.1) is 11.3 Å². The van der Waals surface area contributed by atoms with E-state index < -0.39 is 6.61 Å². The number of ether oxygens (including phenoxy) is 1. The normalized spacial score (nSPS) is 12.4. The lowest BCUT2D eigenvalue weighted by molar-refractivity contribution is -0.0498. The second-order valence-electron chi connectivity index (χ2n) is 8.32. The summed E-state index contributed by atoms with van der Waals surface area (Å²) < 4.78 is 31.4. The van der Waals surface area contributed by atoms with Gasteiger partial charge in [0, 0.05) is 16.7 Å². The van der Waals surface area contributed by atoms with Crippen LogP contribution in [-0.4, -0.2) is 17.0 Å². The number of benzene rings is 3. The van der Waals surface area contributed by atoms with Gasteiger partial charge in [-0.25, -0.2) is 9.67 Å². The molecular weight excluding hydrogens is 464 g/mol. The molecule has 0 aliphatic heterocycles. The quantitative estimate of drug-likeness (QED) is 0.235. The maximum atomic E-state index is 12.6. The average Bonchev–Trinajstić information content (AvgIpc) is 3.22. The molecule has 0 N–H and O–H groups in total. The van der Waals surface area contributed by atoms with Crippen LogP contribution in [0.3, 0.4) is 0 Å². The van der Waals surface area contributed by atoms with Crippen LogP contribution in [0.2, 0.25) is 0 Å². The molecule has 1 aromatic heterocycles. The first kappa shape index (κ1) is 24.5. The number of rotatable bonds is 8. The van der Waals surface area contributed by atoms with E-state index >= 15 is 0 Å². The van der Waals surface area contributed by atoms with E-state index in [-0.39, 0.29) is 5.75 Å². The molecule has 0 fully saturated rings. The Morgan fingerprint density at radius 2 is 1.71 bits per heavy atom. The zero-order chi connectivity index (χ0) is 24.8. The van der Waals surface area contributed by atoms with Gasteiger partial charge >= 0.3 is 6.61 Å². The van der Waals surface area contributed by atoms with Gasteiger partial charge in [0.05, 0.1) is 11.4 Å². The van der Waals surface area contributed by atoms with Crippen LogP contribution in [0.5, 0.6) is 5.75 Å². The Balaban J connectivity index is 1.72. The van der Waals surface area contributed by atoms with Crippen LogP contribution in [0, 0.1) is 13.8 Å². The van der Waals surface area contributed by atoms with Gasteiger partial charge in [-0.2, -0.15) is 13.9 Å². The van der Waals surface area contributed by atoms with Crippen LogP contribution in [0.25, 0.3) is 11.3 Å². The standard InChI is InChI=1S/C28H27F2N3OS/c1-19-9-14-24(17-20(19)2)31-28-33(32-21(3)10-11-22-7-5-4-6-8-22)26(18-35-28)23-12-15-25(16-13-23)34-27(29)30/h4-9,12-18,27H,10-11H2,1-3H3. The Bertz CT molecular complexity index is 1370. The van der Waals surface area contributed by atoms with Crippen molar-refractivity contribution >= 4 is 22.7 Å². The molecule has 0 unspecified atom stereocenters. The molecule has 0 aliphatic carbocycles. The molecule has 0 aliphatic rings. The Hall–Kier alpha value is -3.58. The Morgan fingerprint density at radius 1 is 0.971 bits per heavy atom. The molecule has 4 aromatic rings. The number of halogens is 2. The monoisotopic (exact) mass is 491 g/mol. The minimum absolute atomic E-state index is 0.119. The van der Waals surface area contributed by atoms with Crippen LogP contribution in [-0.2, 0) is 6.42 Å². The predicted octanol–water partition coefficient (Wildman–Crippen LogP) is 7.52. The summed E-state index contributed by atoms with van der Waals surface area (Å²) in [5.74, 6) is 0.119. The number of aryl methyl sites for hydroxylation is 3. The Morgan fingerprint density at radius 3 is 2.40 bits per heavy atom. The first-order valence-corrected chi connectivity index (χ1v) is 12.2. The minimum atomic E-state index is -2.85. The lowest BCUT2D eigenvalue weighted by atomic mass is 10.1. The molecule has 0 spiro atoms. The van der Waals surface area contributed by atoms with Gasteiger partial charge in [-0.1, -0.05) is 36.4 Å². The maximum Gasteiger partial charge on any atom is 0.387 e. The van der Waals surface area contributed by atoms with Crippen molar-refractivity contribution < 1.29 is 13.5 Å². The average molecular weight is 492 g/mol. The van der Waals surface area contributed by atoms with Gasteiger partial charge in [0.15, 0.2) is 0 Å². The predicted molar refractivity (Wildman–Crippen MR) is 139 cm³/mol. The fourth-order valence-electron chi connectivity index (χ4n) is 3.58. The summed E-state index contributed by atoms with van der Waals surface area (Å²) in [5, 5.41) is 6.90. The van der Waals surface area contributed by atoms with Gasteiger partial charge in [0.2, 0.25) is 4.80 Å². The third kappa shape index (κ3) is 6.51. The van der Waals surface area contributed by atoms with Crippen molar-refractivity contribution in [2.45, 2.75) is 40.2 Å². The van der Waals surface area contributed by atoms with Gasteiger partial charge in [0.25, 0.3) is 0 Å². The number of thiazole rings is 1. The van der Waals surface area contributed by atoms with Crippen molar-refractivity contribution in [1.29, 1.82) is 0 Å². The molecule has 4 nitrogen and oxygen atoms in total. The van der Waals surface area contributed by atoms with Crippen LogP contribution >= 0.6 is 11.3 Å². The molecule has 0 saturated carbocycles. The summed E-state index contributed by atoms with van der Waals surface area (Å²) in [5.41, 5.74) is 7.13. The molecule has 4 rings (SSSR count). The highest BCUT2D eigenvalue weighted by molar-refractivity contribution is 7.07. The SMILES string of the molecule is CC(CCc1ccccc1)=Nn1c(-c2ccc(OC(F)F)cc2)csc1=Nc1ccc(C)c(C)c1. The largest absolute Gasteiger partial charge is 0.435 e. The molecule has 0 bridgehead atoms. The van der Waals surface area contributed by atoms with E-state index in [9.17, 15) is 8.78 Å². The second-order valence-corrected chi connectivity index (χ2v) is 9.16. The van der Waals surface area contributed by atoms with Crippen molar-refractivity contribution in [1.82, 2.24) is 4.68 Å². The van der Waals surface area contributed by atoms with Gasteiger partial charge in [0.1, 0.15) is 5.75 Å². The highest BCUT2D eigenvalue weighted by atomic mass is 32.1. The fourth-order valence-corrected chi connectivity index (χ4v) is 4.43. The first-order valence-electron chi connectivity index (χ1n) is 11.3. The zero-order valence-electron chi connectivity index (χ0n) is 19.9. The second kappa shape index (κ2) is 11.2. The number of nitrogens with zero attached hydrogens (tertiary/aromatic N) is 3. The smallest absolute Gasteiger partial charge is 0.387 e. The van der Waals surface area contributed by atoms with E-state index in [2.05, 4.69) is 42.8 Å². The number of aromatic nitrogens is 1. The molecule has 35 heavy (non-hydrogen) atoms. The van der Waals surface area contributed by atoms with Gasteiger partial charge in [-0.05, 0) is 86.7 Å². The molecule has 7 heteroatoms. The maximum absolute atomic E-state index is 12.6. The van der Waals surface area contributed by atoms with Gasteiger partial charge in [-0.3, -0.25) is 0 Å². The summed E-state index contributed by atoms with van der Waals surface area (Å²) in [6.07, 6.45) is 1.69. The van der Waals surface area contributed by atoms with Crippen molar-refractivity contribution in [2.75, 3.05) is 0 Å². The van der Waals surface area contributed by atoms with Crippen LogP contribution < -0.4 is 9.54 Å². The summed E-state index contributed by atoms with van der Waals surface area (Å²) in [6, 6.07) is 23.0. The summed E-state index contributed by atoms with van der Waals surface area (Å²) >= 11 is 1.49. The summed E-state index contributed by atoms with van der Waals surface area (Å²) in [6.45, 7) is 3.30. The molecule has 0 atom stereocenters. The van der Waals surface area contributed by atoms with Crippen LogP contribution in [0.4, 0.5) is 14.5 Å². The zero-order valence-corrected chi connectivity index (χ0v) is 20.7. The van der Waals surface area contributed by atoms with E-state index in [1.165, 1.54) is 40.2 Å². The lowest BCUT2D eigenvalue weighted by Gasteiger charge is -2.08. The molecule has 0 saturated heterocycles. The van der Waals surface area contributed by atoms with Crippen molar-refractivity contribution in [3.63, 3.8) is 0 Å². The topological polar surface area (TPSA) is 38.9 Å². The number of hydrogen-bond donors (Lipinski definition) is 0. The molecule has 180 valence electrons. The Labute approximate surface area is 207 Å². The minimum Gasteiger partial charge on any atom is -0.435 e. The molecule has 0 radical (unpaired) electrons. The first-order chi connectivity index (χ1) is 16.9. The van der Waals surface area contributed by atoms with E-state index in [0.29, 0.717) is 0 Å². The molecular formula is C28H27F2N3OS. The summed E-state index contributed by atoms with van der Waals surface area (Å²) in [4.78, 5) is 5.60. The van der Waals surface area contributed by atoms with Crippen LogP contribution in [0.1, 0.15) is 30.0 Å². The molecule has 0 amide bonds. The number of alkyl halides is 2.